The van der Waals surface area contributed by atoms with Crippen molar-refractivity contribution < 1.29 is 4.79 Å². The third-order valence-corrected chi connectivity index (χ3v) is 5.82. The quantitative estimate of drug-likeness (QED) is 0.838. The number of pyridine rings is 1. The molecule has 2 fully saturated rings. The third-order valence-electron chi connectivity index (χ3n) is 5.43. The van der Waals surface area contributed by atoms with Gasteiger partial charge in [-0.25, -0.2) is 0 Å². The Balaban J connectivity index is 1.46. The summed E-state index contributed by atoms with van der Waals surface area (Å²) in [6.45, 7) is 0.649. The number of carbonyl (C=O) groups excluding carboxylic acids is 1. The van der Waals surface area contributed by atoms with Crippen molar-refractivity contribution in [1.29, 1.82) is 0 Å². The Hall–Kier alpha value is -1.81. The summed E-state index contributed by atoms with van der Waals surface area (Å²) in [4.78, 5) is 16.6. The molecule has 4 nitrogen and oxygen atoms in total. The fourth-order valence-corrected chi connectivity index (χ4v) is 4.46. The minimum absolute atomic E-state index is 0.000134. The van der Waals surface area contributed by atoms with E-state index in [0.717, 1.165) is 42.1 Å². The Morgan fingerprint density at radius 2 is 2.17 bits per heavy atom. The third kappa shape index (κ3) is 3.07. The molecule has 1 aliphatic carbocycles. The smallest absolute Gasteiger partial charge is 0.225 e. The van der Waals surface area contributed by atoms with Gasteiger partial charge in [0.25, 0.3) is 0 Å². The van der Waals surface area contributed by atoms with Crippen LogP contribution in [-0.2, 0) is 4.79 Å². The van der Waals surface area contributed by atoms with Crippen molar-refractivity contribution in [2.75, 3.05) is 11.9 Å². The molecule has 0 spiro atoms. The fourth-order valence-electron chi connectivity index (χ4n) is 4.11. The predicted octanol–water partition coefficient (Wildman–Crippen LogP) is 3.56. The highest BCUT2D eigenvalue weighted by Crippen LogP contribution is 2.35. The van der Waals surface area contributed by atoms with Gasteiger partial charge in [-0.15, -0.1) is 11.6 Å². The number of aromatic nitrogens is 1. The molecule has 0 bridgehead atoms. The maximum atomic E-state index is 12.4. The lowest BCUT2D eigenvalue weighted by Crippen LogP contribution is -2.53. The van der Waals surface area contributed by atoms with E-state index >= 15 is 0 Å². The molecular formula is C19H22ClN3O. The predicted molar refractivity (Wildman–Crippen MR) is 97.3 cm³/mol. The van der Waals surface area contributed by atoms with E-state index in [2.05, 4.69) is 21.7 Å². The lowest BCUT2D eigenvalue weighted by atomic mass is 9.75. The summed E-state index contributed by atoms with van der Waals surface area (Å²) >= 11 is 6.32. The van der Waals surface area contributed by atoms with E-state index < -0.39 is 0 Å². The van der Waals surface area contributed by atoms with E-state index in [1.54, 1.807) is 6.20 Å². The first-order valence-corrected chi connectivity index (χ1v) is 9.15. The summed E-state index contributed by atoms with van der Waals surface area (Å²) in [6, 6.07) is 8.47. The number of benzene rings is 1. The summed E-state index contributed by atoms with van der Waals surface area (Å²) in [7, 11) is 0. The first-order valence-electron chi connectivity index (χ1n) is 8.72. The monoisotopic (exact) mass is 343 g/mol. The summed E-state index contributed by atoms with van der Waals surface area (Å²) in [5.41, 5.74) is 1.04. The Labute approximate surface area is 147 Å². The SMILES string of the molecule is O=C1NC2CCC(Cl)CC2CC1CNc1cccc2ccncc12. The first kappa shape index (κ1) is 15.7. The van der Waals surface area contributed by atoms with Gasteiger partial charge in [-0.1, -0.05) is 12.1 Å². The number of carbonyl (C=O) groups is 1. The number of rotatable bonds is 3. The molecule has 1 aromatic heterocycles. The number of halogens is 1. The summed E-state index contributed by atoms with van der Waals surface area (Å²) in [5, 5.41) is 9.18. The van der Waals surface area contributed by atoms with Gasteiger partial charge in [0, 0.05) is 41.4 Å². The molecule has 1 aromatic carbocycles. The van der Waals surface area contributed by atoms with Gasteiger partial charge in [-0.2, -0.15) is 0 Å². The number of alkyl halides is 1. The molecule has 4 atom stereocenters. The minimum Gasteiger partial charge on any atom is -0.384 e. The second kappa shape index (κ2) is 6.60. The number of nitrogens with zero attached hydrogens (tertiary/aromatic N) is 1. The van der Waals surface area contributed by atoms with Crippen molar-refractivity contribution in [3.8, 4) is 0 Å². The largest absolute Gasteiger partial charge is 0.384 e. The Morgan fingerprint density at radius 1 is 1.25 bits per heavy atom. The van der Waals surface area contributed by atoms with Crippen molar-refractivity contribution in [3.05, 3.63) is 36.7 Å². The van der Waals surface area contributed by atoms with Crippen molar-refractivity contribution in [2.24, 2.45) is 11.8 Å². The van der Waals surface area contributed by atoms with Crippen LogP contribution in [-0.4, -0.2) is 28.9 Å². The van der Waals surface area contributed by atoms with Crippen molar-refractivity contribution >= 4 is 34.0 Å². The van der Waals surface area contributed by atoms with Gasteiger partial charge in [-0.05, 0) is 49.1 Å². The Morgan fingerprint density at radius 3 is 3.08 bits per heavy atom. The van der Waals surface area contributed by atoms with Crippen LogP contribution in [0.1, 0.15) is 25.7 Å². The number of hydrogen-bond acceptors (Lipinski definition) is 3. The maximum absolute atomic E-state index is 12.4. The zero-order chi connectivity index (χ0) is 16.5. The van der Waals surface area contributed by atoms with Crippen LogP contribution < -0.4 is 10.6 Å². The summed E-state index contributed by atoms with van der Waals surface area (Å²) in [5.74, 6) is 0.690. The summed E-state index contributed by atoms with van der Waals surface area (Å²) < 4.78 is 0. The van der Waals surface area contributed by atoms with Crippen molar-refractivity contribution in [2.45, 2.75) is 37.1 Å². The Kier molecular flexibility index (Phi) is 4.31. The minimum atomic E-state index is 0.000134. The van der Waals surface area contributed by atoms with Crippen molar-refractivity contribution in [3.63, 3.8) is 0 Å². The highest BCUT2D eigenvalue weighted by Gasteiger charge is 2.38. The van der Waals surface area contributed by atoms with Crippen LogP contribution in [0.15, 0.2) is 36.7 Å². The zero-order valence-corrected chi connectivity index (χ0v) is 14.3. The van der Waals surface area contributed by atoms with Crippen LogP contribution in [0.4, 0.5) is 5.69 Å². The topological polar surface area (TPSA) is 54.0 Å². The fraction of sp³-hybridized carbons (Fsp3) is 0.474. The van der Waals surface area contributed by atoms with Gasteiger partial charge in [0.15, 0.2) is 0 Å². The van der Waals surface area contributed by atoms with Gasteiger partial charge in [-0.3, -0.25) is 9.78 Å². The van der Waals surface area contributed by atoms with Crippen LogP contribution in [0.25, 0.3) is 10.8 Å². The lowest BCUT2D eigenvalue weighted by molar-refractivity contribution is -0.129. The molecule has 1 saturated carbocycles. The van der Waals surface area contributed by atoms with E-state index in [9.17, 15) is 4.79 Å². The van der Waals surface area contributed by atoms with Crippen molar-refractivity contribution in [1.82, 2.24) is 10.3 Å². The molecule has 0 radical (unpaired) electrons. The highest BCUT2D eigenvalue weighted by molar-refractivity contribution is 6.20. The van der Waals surface area contributed by atoms with E-state index in [4.69, 9.17) is 11.6 Å². The molecule has 1 amide bonds. The average Bonchev–Trinajstić information content (AvgIpc) is 2.60. The molecule has 1 saturated heterocycles. The lowest BCUT2D eigenvalue weighted by Gasteiger charge is -2.41. The van der Waals surface area contributed by atoms with Crippen LogP contribution in [0.2, 0.25) is 0 Å². The second-order valence-corrected chi connectivity index (χ2v) is 7.62. The second-order valence-electron chi connectivity index (χ2n) is 7.00. The summed E-state index contributed by atoms with van der Waals surface area (Å²) in [6.07, 6.45) is 7.63. The van der Waals surface area contributed by atoms with Gasteiger partial charge in [0.1, 0.15) is 0 Å². The van der Waals surface area contributed by atoms with Gasteiger partial charge in [0.05, 0.1) is 5.92 Å². The molecular weight excluding hydrogens is 322 g/mol. The van der Waals surface area contributed by atoms with Crippen LogP contribution >= 0.6 is 11.6 Å². The molecule has 2 heterocycles. The van der Waals surface area contributed by atoms with E-state index in [1.165, 1.54) is 0 Å². The molecule has 2 N–H and O–H groups in total. The maximum Gasteiger partial charge on any atom is 0.225 e. The zero-order valence-electron chi connectivity index (χ0n) is 13.5. The van der Waals surface area contributed by atoms with Gasteiger partial charge in [0.2, 0.25) is 5.91 Å². The van der Waals surface area contributed by atoms with Crippen LogP contribution in [0.5, 0.6) is 0 Å². The highest BCUT2D eigenvalue weighted by atomic mass is 35.5. The number of hydrogen-bond donors (Lipinski definition) is 2. The molecule has 4 rings (SSSR count). The van der Waals surface area contributed by atoms with Gasteiger partial charge < -0.3 is 10.6 Å². The van der Waals surface area contributed by atoms with E-state index in [1.807, 2.05) is 24.4 Å². The molecule has 5 heteroatoms. The Bertz CT molecular complexity index is 745. The average molecular weight is 344 g/mol. The van der Waals surface area contributed by atoms with Crippen LogP contribution in [0.3, 0.4) is 0 Å². The number of piperidine rings is 1. The normalized spacial score (nSPS) is 29.8. The number of amides is 1. The first-order chi connectivity index (χ1) is 11.7. The number of fused-ring (bicyclic) bond motifs is 2. The molecule has 4 unspecified atom stereocenters. The molecule has 1 aliphatic heterocycles. The van der Waals surface area contributed by atoms with E-state index in [-0.39, 0.29) is 17.2 Å². The molecule has 126 valence electrons. The standard InChI is InChI=1S/C19H22ClN3O/c20-15-4-5-17-13(9-15)8-14(19(24)23-17)10-22-18-3-1-2-12-6-7-21-11-16(12)18/h1-3,6-7,11,13-15,17,22H,4-5,8-10H2,(H,23,24). The van der Waals surface area contributed by atoms with Gasteiger partial charge >= 0.3 is 0 Å². The number of nitrogens with one attached hydrogen (secondary N) is 2. The molecule has 24 heavy (non-hydrogen) atoms. The van der Waals surface area contributed by atoms with E-state index in [0.29, 0.717) is 18.5 Å². The van der Waals surface area contributed by atoms with Crippen LogP contribution in [0, 0.1) is 11.8 Å². The molecule has 2 aliphatic rings. The molecule has 2 aromatic rings. The number of anilines is 1.